The van der Waals surface area contributed by atoms with Crippen LogP contribution >= 0.6 is 0 Å². The number of hydrogen-bond acceptors (Lipinski definition) is 5. The average molecular weight is 355 g/mol. The van der Waals surface area contributed by atoms with E-state index in [0.717, 1.165) is 17.1 Å². The summed E-state index contributed by atoms with van der Waals surface area (Å²) in [5.74, 6) is -0.392. The molecule has 2 aromatic rings. The molecule has 2 N–H and O–H groups in total. The van der Waals surface area contributed by atoms with Gasteiger partial charge in [-0.3, -0.25) is 4.79 Å². The van der Waals surface area contributed by atoms with Gasteiger partial charge in [-0.25, -0.2) is 4.79 Å². The van der Waals surface area contributed by atoms with Crippen LogP contribution in [-0.4, -0.2) is 39.1 Å². The molecule has 0 heterocycles. The molecule has 6 nitrogen and oxygen atoms in total. The quantitative estimate of drug-likeness (QED) is 0.711. The Hall–Kier alpha value is -3.02. The predicted octanol–water partition coefficient (Wildman–Crippen LogP) is 3.37. The second-order valence-electron chi connectivity index (χ2n) is 5.96. The van der Waals surface area contributed by atoms with Crippen molar-refractivity contribution in [1.82, 2.24) is 0 Å². The number of hydrogen-bond donors (Lipinski definition) is 2. The summed E-state index contributed by atoms with van der Waals surface area (Å²) < 4.78 is 4.94. The van der Waals surface area contributed by atoms with Crippen LogP contribution in [0.15, 0.2) is 48.5 Å². The molecule has 2 rings (SSSR count). The Morgan fingerprint density at radius 3 is 2.15 bits per heavy atom. The van der Waals surface area contributed by atoms with Crippen LogP contribution in [-0.2, 0) is 9.53 Å². The van der Waals surface area contributed by atoms with Crippen molar-refractivity contribution in [2.24, 2.45) is 0 Å². The Balaban J connectivity index is 1.76. The van der Waals surface area contributed by atoms with Gasteiger partial charge in [0, 0.05) is 44.1 Å². The molecule has 0 radical (unpaired) electrons. The molecule has 0 aliphatic carbocycles. The number of rotatable bonds is 8. The zero-order valence-electron chi connectivity index (χ0n) is 15.4. The van der Waals surface area contributed by atoms with Crippen LogP contribution in [0.2, 0.25) is 0 Å². The molecule has 0 aliphatic heterocycles. The first-order chi connectivity index (χ1) is 12.5. The van der Waals surface area contributed by atoms with Crippen LogP contribution < -0.4 is 15.5 Å². The maximum absolute atomic E-state index is 12.0. The summed E-state index contributed by atoms with van der Waals surface area (Å²) in [6.45, 7) is 2.63. The van der Waals surface area contributed by atoms with Gasteiger partial charge in [-0.2, -0.15) is 0 Å². The summed E-state index contributed by atoms with van der Waals surface area (Å²) in [7, 11) is 3.94. The fourth-order valence-corrected chi connectivity index (χ4v) is 2.33. The molecule has 0 spiro atoms. The van der Waals surface area contributed by atoms with E-state index in [2.05, 4.69) is 10.6 Å². The van der Waals surface area contributed by atoms with E-state index in [4.69, 9.17) is 4.74 Å². The highest BCUT2D eigenvalue weighted by atomic mass is 16.5. The molecule has 0 atom stereocenters. The maximum Gasteiger partial charge on any atom is 0.338 e. The van der Waals surface area contributed by atoms with Crippen molar-refractivity contribution in [3.8, 4) is 0 Å². The highest BCUT2D eigenvalue weighted by Gasteiger charge is 2.06. The van der Waals surface area contributed by atoms with Gasteiger partial charge in [-0.15, -0.1) is 0 Å². The van der Waals surface area contributed by atoms with E-state index in [0.29, 0.717) is 25.1 Å². The van der Waals surface area contributed by atoms with Crippen LogP contribution in [0.25, 0.3) is 0 Å². The third kappa shape index (κ3) is 5.81. The summed E-state index contributed by atoms with van der Waals surface area (Å²) in [6, 6.07) is 14.7. The summed E-state index contributed by atoms with van der Waals surface area (Å²) in [5.41, 5.74) is 3.22. The Kier molecular flexibility index (Phi) is 7.02. The van der Waals surface area contributed by atoms with Crippen molar-refractivity contribution < 1.29 is 14.3 Å². The molecule has 6 heteroatoms. The van der Waals surface area contributed by atoms with Gasteiger partial charge in [0.2, 0.25) is 5.91 Å². The Labute approximate surface area is 154 Å². The third-order valence-electron chi connectivity index (χ3n) is 3.74. The average Bonchev–Trinajstić information content (AvgIpc) is 2.63. The summed E-state index contributed by atoms with van der Waals surface area (Å²) in [5, 5.41) is 6.04. The van der Waals surface area contributed by atoms with Gasteiger partial charge in [-0.1, -0.05) is 0 Å². The predicted molar refractivity (Wildman–Crippen MR) is 105 cm³/mol. The van der Waals surface area contributed by atoms with Gasteiger partial charge in [0.1, 0.15) is 0 Å². The molecule has 0 unspecified atom stereocenters. The lowest BCUT2D eigenvalue weighted by molar-refractivity contribution is -0.115. The highest BCUT2D eigenvalue weighted by molar-refractivity contribution is 5.91. The van der Waals surface area contributed by atoms with Crippen molar-refractivity contribution >= 4 is 28.9 Å². The number of nitrogens with one attached hydrogen (secondary N) is 2. The van der Waals surface area contributed by atoms with Crippen molar-refractivity contribution in [1.29, 1.82) is 0 Å². The first-order valence-corrected chi connectivity index (χ1v) is 8.58. The minimum Gasteiger partial charge on any atom is -0.462 e. The first kappa shape index (κ1) is 19.3. The second-order valence-corrected chi connectivity index (χ2v) is 5.96. The highest BCUT2D eigenvalue weighted by Crippen LogP contribution is 2.16. The maximum atomic E-state index is 12.0. The normalized spacial score (nSPS) is 10.1. The van der Waals surface area contributed by atoms with Gasteiger partial charge >= 0.3 is 5.97 Å². The van der Waals surface area contributed by atoms with Gasteiger partial charge < -0.3 is 20.3 Å². The number of ether oxygens (including phenoxy) is 1. The number of carbonyl (C=O) groups excluding carboxylic acids is 2. The summed E-state index contributed by atoms with van der Waals surface area (Å²) in [4.78, 5) is 25.6. The lowest BCUT2D eigenvalue weighted by atomic mass is 10.2. The first-order valence-electron chi connectivity index (χ1n) is 8.58. The molecule has 0 fully saturated rings. The largest absolute Gasteiger partial charge is 0.462 e. The van der Waals surface area contributed by atoms with E-state index in [9.17, 15) is 9.59 Å². The number of benzene rings is 2. The molecule has 0 saturated carbocycles. The zero-order chi connectivity index (χ0) is 18.9. The van der Waals surface area contributed by atoms with E-state index in [1.807, 2.05) is 43.3 Å². The van der Waals surface area contributed by atoms with E-state index in [1.165, 1.54) is 0 Å². The number of esters is 1. The molecule has 0 bridgehead atoms. The lowest BCUT2D eigenvalue weighted by Gasteiger charge is -2.13. The Morgan fingerprint density at radius 1 is 0.962 bits per heavy atom. The second kappa shape index (κ2) is 9.46. The van der Waals surface area contributed by atoms with Gasteiger partial charge in [0.05, 0.1) is 12.2 Å². The fourth-order valence-electron chi connectivity index (χ4n) is 2.33. The van der Waals surface area contributed by atoms with Crippen molar-refractivity contribution in [2.75, 3.05) is 42.8 Å². The van der Waals surface area contributed by atoms with E-state index < -0.39 is 0 Å². The van der Waals surface area contributed by atoms with Gasteiger partial charge in [0.15, 0.2) is 0 Å². The van der Waals surface area contributed by atoms with Gasteiger partial charge in [-0.05, 0) is 55.5 Å². The van der Waals surface area contributed by atoms with E-state index in [-0.39, 0.29) is 11.9 Å². The molecule has 26 heavy (non-hydrogen) atoms. The smallest absolute Gasteiger partial charge is 0.338 e. The molecule has 138 valence electrons. The molecule has 0 aliphatic rings. The van der Waals surface area contributed by atoms with Crippen LogP contribution in [0.1, 0.15) is 23.7 Å². The number of anilines is 3. The van der Waals surface area contributed by atoms with E-state index >= 15 is 0 Å². The number of nitrogens with zero attached hydrogens (tertiary/aromatic N) is 1. The SMILES string of the molecule is CCOC(=O)c1ccc(NCCC(=O)Nc2ccc(N(C)C)cc2)cc1. The molecular formula is C20H25N3O3. The van der Waals surface area contributed by atoms with E-state index in [1.54, 1.807) is 31.2 Å². The Bertz CT molecular complexity index is 725. The topological polar surface area (TPSA) is 70.7 Å². The van der Waals surface area contributed by atoms with Crippen LogP contribution in [0.3, 0.4) is 0 Å². The number of carbonyl (C=O) groups is 2. The molecule has 1 amide bonds. The summed E-state index contributed by atoms with van der Waals surface area (Å²) >= 11 is 0. The minimum atomic E-state index is -0.335. The van der Waals surface area contributed by atoms with Crippen molar-refractivity contribution in [2.45, 2.75) is 13.3 Å². The monoisotopic (exact) mass is 355 g/mol. The van der Waals surface area contributed by atoms with Crippen molar-refractivity contribution in [3.63, 3.8) is 0 Å². The number of amides is 1. The van der Waals surface area contributed by atoms with Crippen LogP contribution in [0.5, 0.6) is 0 Å². The molecule has 2 aromatic carbocycles. The molecular weight excluding hydrogens is 330 g/mol. The minimum absolute atomic E-state index is 0.0572. The standard InChI is InChI=1S/C20H25N3O3/c1-4-26-20(25)15-5-7-16(8-6-15)21-14-13-19(24)22-17-9-11-18(12-10-17)23(2)3/h5-12,21H,4,13-14H2,1-3H3,(H,22,24). The van der Waals surface area contributed by atoms with Crippen LogP contribution in [0, 0.1) is 0 Å². The summed E-state index contributed by atoms with van der Waals surface area (Å²) in [6.07, 6.45) is 0.342. The third-order valence-corrected chi connectivity index (χ3v) is 3.74. The van der Waals surface area contributed by atoms with Gasteiger partial charge in [0.25, 0.3) is 0 Å². The van der Waals surface area contributed by atoms with Crippen molar-refractivity contribution in [3.05, 3.63) is 54.1 Å². The molecule has 0 aromatic heterocycles. The lowest BCUT2D eigenvalue weighted by Crippen LogP contribution is -2.16. The Morgan fingerprint density at radius 2 is 1.58 bits per heavy atom. The molecule has 0 saturated heterocycles. The fraction of sp³-hybridized carbons (Fsp3) is 0.300. The zero-order valence-corrected chi connectivity index (χ0v) is 15.4. The van der Waals surface area contributed by atoms with Crippen LogP contribution in [0.4, 0.5) is 17.1 Å².